The molecule has 0 spiro atoms. The number of esters is 2. The molecule has 0 heterocycles. The number of ether oxygens (including phenoxy) is 1. The van der Waals surface area contributed by atoms with Crippen molar-refractivity contribution in [2.45, 2.75) is 0 Å². The molecule has 0 saturated heterocycles. The van der Waals surface area contributed by atoms with Crippen molar-refractivity contribution in [3.63, 3.8) is 0 Å². The number of ketones is 2. The van der Waals surface area contributed by atoms with Crippen LogP contribution in [-0.2, 0) is 4.74 Å². The van der Waals surface area contributed by atoms with Gasteiger partial charge < -0.3 is 4.74 Å². The summed E-state index contributed by atoms with van der Waals surface area (Å²) in [5, 5.41) is 0.407. The van der Waals surface area contributed by atoms with E-state index in [1.54, 1.807) is 48.5 Å². The number of carbonyl (C=O) groups excluding carboxylic acids is 4. The van der Waals surface area contributed by atoms with Crippen LogP contribution < -0.4 is 0 Å². The van der Waals surface area contributed by atoms with Gasteiger partial charge in [0.15, 0.2) is 11.6 Å². The van der Waals surface area contributed by atoms with E-state index >= 15 is 0 Å². The summed E-state index contributed by atoms with van der Waals surface area (Å²) in [5.74, 6) is -2.47. The number of hydrogen-bond donors (Lipinski definition) is 0. The largest absolute Gasteiger partial charge is 0.386 e. The number of hydrogen-bond acceptors (Lipinski definition) is 5. The minimum absolute atomic E-state index is 0.0399. The standard InChI is InChI=1S/C28H12Cl2O5/c29-19-11-9-17(21-13-5-1-3-7-15(13)25(31)23(19)21)27(33)35-28(34)18-10-12-20(30)24-22(18)14-6-2-4-8-16(14)26(24)32/h1-12H. The maximum atomic E-state index is 13.2. The first-order chi connectivity index (χ1) is 16.9. The average molecular weight is 499 g/mol. The summed E-state index contributed by atoms with van der Waals surface area (Å²) >= 11 is 12.6. The van der Waals surface area contributed by atoms with Crippen LogP contribution in [0.1, 0.15) is 52.6 Å². The Bertz CT molecular complexity index is 1550. The van der Waals surface area contributed by atoms with Gasteiger partial charge in [0, 0.05) is 33.4 Å². The average Bonchev–Trinajstić information content (AvgIpc) is 3.33. The zero-order valence-electron chi connectivity index (χ0n) is 17.7. The Morgan fingerprint density at radius 2 is 0.886 bits per heavy atom. The molecule has 2 aliphatic rings. The van der Waals surface area contributed by atoms with Crippen molar-refractivity contribution in [2.75, 3.05) is 0 Å². The molecule has 0 N–H and O–H groups in total. The lowest BCUT2D eigenvalue weighted by atomic mass is 9.98. The smallest absolute Gasteiger partial charge is 0.346 e. The Labute approximate surface area is 208 Å². The van der Waals surface area contributed by atoms with E-state index in [9.17, 15) is 19.2 Å². The summed E-state index contributed by atoms with van der Waals surface area (Å²) in [4.78, 5) is 52.2. The van der Waals surface area contributed by atoms with Crippen LogP contribution in [0.5, 0.6) is 0 Å². The summed E-state index contributed by atoms with van der Waals surface area (Å²) in [6.45, 7) is 0. The molecule has 0 saturated carbocycles. The van der Waals surface area contributed by atoms with Crippen molar-refractivity contribution in [1.29, 1.82) is 0 Å². The second kappa shape index (κ2) is 7.73. The highest BCUT2D eigenvalue weighted by Gasteiger charge is 2.36. The molecule has 0 aromatic heterocycles. The fourth-order valence-corrected chi connectivity index (χ4v) is 5.25. The highest BCUT2D eigenvalue weighted by Crippen LogP contribution is 2.44. The predicted octanol–water partition coefficient (Wildman–Crippen LogP) is 6.41. The van der Waals surface area contributed by atoms with Crippen LogP contribution in [0, 0.1) is 0 Å². The van der Waals surface area contributed by atoms with Crippen LogP contribution in [0.2, 0.25) is 10.0 Å². The lowest BCUT2D eigenvalue weighted by Crippen LogP contribution is -2.15. The van der Waals surface area contributed by atoms with E-state index in [0.717, 1.165) is 0 Å². The highest BCUT2D eigenvalue weighted by atomic mass is 35.5. The second-order valence-electron chi connectivity index (χ2n) is 8.12. The normalized spacial score (nSPS) is 12.6. The molecular formula is C28H12Cl2O5. The van der Waals surface area contributed by atoms with E-state index in [0.29, 0.717) is 33.4 Å². The topological polar surface area (TPSA) is 77.5 Å². The van der Waals surface area contributed by atoms with Crippen LogP contribution in [0.25, 0.3) is 22.3 Å². The first-order valence-electron chi connectivity index (χ1n) is 10.6. The van der Waals surface area contributed by atoms with Gasteiger partial charge in [0.1, 0.15) is 0 Å². The van der Waals surface area contributed by atoms with Crippen molar-refractivity contribution >= 4 is 46.7 Å². The zero-order valence-corrected chi connectivity index (χ0v) is 19.2. The van der Waals surface area contributed by atoms with Crippen LogP contribution >= 0.6 is 23.2 Å². The lowest BCUT2D eigenvalue weighted by Gasteiger charge is -2.12. The molecule has 2 aliphatic carbocycles. The summed E-state index contributed by atoms with van der Waals surface area (Å²) in [7, 11) is 0. The number of halogens is 2. The maximum Gasteiger partial charge on any atom is 0.346 e. The number of benzene rings is 4. The lowest BCUT2D eigenvalue weighted by molar-refractivity contribution is 0.0399. The Morgan fingerprint density at radius 1 is 0.514 bits per heavy atom. The monoisotopic (exact) mass is 498 g/mol. The van der Waals surface area contributed by atoms with Gasteiger partial charge in [-0.15, -0.1) is 0 Å². The summed E-state index contributed by atoms with van der Waals surface area (Å²) < 4.78 is 5.27. The van der Waals surface area contributed by atoms with Gasteiger partial charge in [0.25, 0.3) is 0 Å². The van der Waals surface area contributed by atoms with Gasteiger partial charge >= 0.3 is 11.9 Å². The van der Waals surface area contributed by atoms with Gasteiger partial charge in [-0.1, -0.05) is 71.7 Å². The molecule has 0 fully saturated rings. The molecule has 4 aromatic rings. The Morgan fingerprint density at radius 3 is 1.29 bits per heavy atom. The number of fused-ring (bicyclic) bond motifs is 6. The van der Waals surface area contributed by atoms with Gasteiger partial charge in [-0.2, -0.15) is 0 Å². The molecule has 0 unspecified atom stereocenters. The summed E-state index contributed by atoms with van der Waals surface area (Å²) in [5.41, 5.74) is 3.06. The molecule has 5 nitrogen and oxygen atoms in total. The molecular weight excluding hydrogens is 487 g/mol. The highest BCUT2D eigenvalue weighted by molar-refractivity contribution is 6.39. The molecule has 0 atom stereocenters. The van der Waals surface area contributed by atoms with Crippen molar-refractivity contribution in [1.82, 2.24) is 0 Å². The van der Waals surface area contributed by atoms with Gasteiger partial charge in [-0.3, -0.25) is 9.59 Å². The van der Waals surface area contributed by atoms with E-state index in [2.05, 4.69) is 0 Å². The van der Waals surface area contributed by atoms with Gasteiger partial charge in [0.05, 0.1) is 21.2 Å². The Balaban J connectivity index is 1.43. The number of rotatable bonds is 2. The first kappa shape index (κ1) is 21.5. The predicted molar refractivity (Wildman–Crippen MR) is 130 cm³/mol. The molecule has 35 heavy (non-hydrogen) atoms. The fourth-order valence-electron chi connectivity index (χ4n) is 4.76. The SMILES string of the molecule is O=C(OC(=O)c1ccc(Cl)c2c1-c1ccccc1C2=O)c1ccc(Cl)c2c1-c1ccccc1C2=O. The van der Waals surface area contributed by atoms with E-state index < -0.39 is 11.9 Å². The molecule has 6 rings (SSSR count). The maximum absolute atomic E-state index is 13.2. The minimum Gasteiger partial charge on any atom is -0.386 e. The first-order valence-corrected chi connectivity index (χ1v) is 11.3. The Kier molecular flexibility index (Phi) is 4.74. The molecule has 0 amide bonds. The van der Waals surface area contributed by atoms with Crippen molar-refractivity contribution < 1.29 is 23.9 Å². The molecule has 168 valence electrons. The summed E-state index contributed by atoms with van der Waals surface area (Å²) in [6.07, 6.45) is 0. The molecule has 7 heteroatoms. The third kappa shape index (κ3) is 3.02. The summed E-state index contributed by atoms with van der Waals surface area (Å²) in [6, 6.07) is 19.4. The van der Waals surface area contributed by atoms with E-state index in [-0.39, 0.29) is 43.9 Å². The van der Waals surface area contributed by atoms with Crippen molar-refractivity contribution in [3.05, 3.63) is 116 Å². The van der Waals surface area contributed by atoms with Crippen LogP contribution in [0.4, 0.5) is 0 Å². The second-order valence-corrected chi connectivity index (χ2v) is 8.93. The van der Waals surface area contributed by atoms with Crippen molar-refractivity contribution in [3.8, 4) is 22.3 Å². The Hall–Kier alpha value is -4.06. The van der Waals surface area contributed by atoms with Crippen LogP contribution in [-0.4, -0.2) is 23.5 Å². The van der Waals surface area contributed by atoms with Gasteiger partial charge in [-0.25, -0.2) is 9.59 Å². The van der Waals surface area contributed by atoms with Gasteiger partial charge in [-0.05, 0) is 35.4 Å². The fraction of sp³-hybridized carbons (Fsp3) is 0. The van der Waals surface area contributed by atoms with Crippen molar-refractivity contribution in [2.24, 2.45) is 0 Å². The molecule has 0 bridgehead atoms. The van der Waals surface area contributed by atoms with E-state index in [1.165, 1.54) is 24.3 Å². The minimum atomic E-state index is -0.936. The molecule has 0 radical (unpaired) electrons. The van der Waals surface area contributed by atoms with E-state index in [1.807, 2.05) is 0 Å². The van der Waals surface area contributed by atoms with Crippen LogP contribution in [0.3, 0.4) is 0 Å². The third-order valence-corrected chi connectivity index (χ3v) is 6.90. The third-order valence-electron chi connectivity index (χ3n) is 6.27. The molecule has 4 aromatic carbocycles. The van der Waals surface area contributed by atoms with E-state index in [4.69, 9.17) is 27.9 Å². The number of carbonyl (C=O) groups is 4. The van der Waals surface area contributed by atoms with Gasteiger partial charge in [0.2, 0.25) is 0 Å². The quantitative estimate of drug-likeness (QED) is 0.203. The molecule has 0 aliphatic heterocycles. The van der Waals surface area contributed by atoms with Crippen LogP contribution in [0.15, 0.2) is 72.8 Å². The zero-order chi connectivity index (χ0) is 24.4.